The highest BCUT2D eigenvalue weighted by Gasteiger charge is 2.25. The number of nitrogens with zero attached hydrogens (tertiary/aromatic N) is 3. The zero-order valence-corrected chi connectivity index (χ0v) is 17.5. The first kappa shape index (κ1) is 19.1. The predicted octanol–water partition coefficient (Wildman–Crippen LogP) is 4.95. The number of benzene rings is 2. The Morgan fingerprint density at radius 2 is 1.67 bits per heavy atom. The SMILES string of the molecule is C[C@@H]1CN(Cc2cn(Cc3ccccc3)nc2-c2cc3ccccc3o2)C[C@H](C)O1. The third-order valence-electron chi connectivity index (χ3n) is 5.57. The van der Waals surface area contributed by atoms with Gasteiger partial charge in [-0.2, -0.15) is 5.10 Å². The van der Waals surface area contributed by atoms with Gasteiger partial charge in [0.2, 0.25) is 0 Å². The summed E-state index contributed by atoms with van der Waals surface area (Å²) < 4.78 is 14.1. The molecular formula is C25H27N3O2. The van der Waals surface area contributed by atoms with Crippen LogP contribution in [-0.2, 0) is 17.8 Å². The van der Waals surface area contributed by atoms with Gasteiger partial charge in [0.05, 0.1) is 18.8 Å². The van der Waals surface area contributed by atoms with Gasteiger partial charge in [0, 0.05) is 36.8 Å². The lowest BCUT2D eigenvalue weighted by Crippen LogP contribution is -2.44. The van der Waals surface area contributed by atoms with Gasteiger partial charge < -0.3 is 9.15 Å². The number of rotatable bonds is 5. The number of hydrogen-bond acceptors (Lipinski definition) is 4. The van der Waals surface area contributed by atoms with E-state index in [-0.39, 0.29) is 12.2 Å². The van der Waals surface area contributed by atoms with E-state index in [1.165, 1.54) is 11.1 Å². The van der Waals surface area contributed by atoms with E-state index in [1.807, 2.05) is 28.9 Å². The molecule has 5 rings (SSSR count). The van der Waals surface area contributed by atoms with Crippen molar-refractivity contribution in [2.24, 2.45) is 0 Å². The summed E-state index contributed by atoms with van der Waals surface area (Å²) in [6, 6.07) is 20.7. The summed E-state index contributed by atoms with van der Waals surface area (Å²) in [5, 5.41) is 6.04. The molecule has 3 heterocycles. The van der Waals surface area contributed by atoms with Crippen LogP contribution in [0.3, 0.4) is 0 Å². The van der Waals surface area contributed by atoms with Crippen LogP contribution in [0.5, 0.6) is 0 Å². The van der Waals surface area contributed by atoms with E-state index in [1.54, 1.807) is 0 Å². The van der Waals surface area contributed by atoms with Crippen molar-refractivity contribution in [3.63, 3.8) is 0 Å². The molecule has 2 aromatic carbocycles. The molecule has 0 spiro atoms. The van der Waals surface area contributed by atoms with E-state index >= 15 is 0 Å². The molecule has 0 N–H and O–H groups in total. The van der Waals surface area contributed by atoms with Gasteiger partial charge in [-0.15, -0.1) is 0 Å². The smallest absolute Gasteiger partial charge is 0.156 e. The van der Waals surface area contributed by atoms with Crippen molar-refractivity contribution in [3.8, 4) is 11.5 Å². The largest absolute Gasteiger partial charge is 0.454 e. The van der Waals surface area contributed by atoms with Crippen LogP contribution < -0.4 is 0 Å². The first-order chi connectivity index (χ1) is 14.6. The van der Waals surface area contributed by atoms with Crippen LogP contribution in [0, 0.1) is 0 Å². The van der Waals surface area contributed by atoms with Crippen molar-refractivity contribution in [1.29, 1.82) is 0 Å². The lowest BCUT2D eigenvalue weighted by atomic mass is 10.1. The number of furan rings is 1. The second-order valence-corrected chi connectivity index (χ2v) is 8.29. The van der Waals surface area contributed by atoms with E-state index in [2.05, 4.69) is 61.3 Å². The molecular weight excluding hydrogens is 374 g/mol. The maximum absolute atomic E-state index is 6.17. The maximum atomic E-state index is 6.17. The molecule has 0 saturated carbocycles. The Morgan fingerprint density at radius 1 is 0.933 bits per heavy atom. The van der Waals surface area contributed by atoms with Crippen molar-refractivity contribution in [2.75, 3.05) is 13.1 Å². The molecule has 0 amide bonds. The van der Waals surface area contributed by atoms with E-state index in [9.17, 15) is 0 Å². The lowest BCUT2D eigenvalue weighted by Gasteiger charge is -2.35. The Kier molecular flexibility index (Phi) is 5.15. The number of fused-ring (bicyclic) bond motifs is 1. The highest BCUT2D eigenvalue weighted by molar-refractivity contribution is 5.82. The zero-order chi connectivity index (χ0) is 20.5. The summed E-state index contributed by atoms with van der Waals surface area (Å²) in [5.41, 5.74) is 4.24. The third kappa shape index (κ3) is 4.04. The maximum Gasteiger partial charge on any atom is 0.156 e. The Labute approximate surface area is 176 Å². The number of para-hydroxylation sites is 1. The van der Waals surface area contributed by atoms with Gasteiger partial charge in [-0.1, -0.05) is 48.5 Å². The van der Waals surface area contributed by atoms with Gasteiger partial charge in [-0.25, -0.2) is 0 Å². The quantitative estimate of drug-likeness (QED) is 0.474. The lowest BCUT2D eigenvalue weighted by molar-refractivity contribution is -0.0704. The van der Waals surface area contributed by atoms with Crippen molar-refractivity contribution < 1.29 is 9.15 Å². The Hall–Kier alpha value is -2.89. The fraction of sp³-hybridized carbons (Fsp3) is 0.320. The highest BCUT2D eigenvalue weighted by Crippen LogP contribution is 2.30. The fourth-order valence-electron chi connectivity index (χ4n) is 4.39. The van der Waals surface area contributed by atoms with E-state index in [0.717, 1.165) is 48.6 Å². The Balaban J connectivity index is 1.50. The topological polar surface area (TPSA) is 43.4 Å². The van der Waals surface area contributed by atoms with E-state index in [0.29, 0.717) is 0 Å². The predicted molar refractivity (Wildman–Crippen MR) is 118 cm³/mol. The molecule has 154 valence electrons. The van der Waals surface area contributed by atoms with E-state index in [4.69, 9.17) is 14.3 Å². The fourth-order valence-corrected chi connectivity index (χ4v) is 4.39. The molecule has 5 nitrogen and oxygen atoms in total. The minimum atomic E-state index is 0.239. The molecule has 0 unspecified atom stereocenters. The van der Waals surface area contributed by atoms with Crippen LogP contribution in [0.15, 0.2) is 71.3 Å². The molecule has 2 atom stereocenters. The standard InChI is InChI=1S/C25H27N3O2/c1-18-13-27(14-19(2)29-18)16-22-17-28(15-20-8-4-3-5-9-20)26-25(22)24-12-21-10-6-7-11-23(21)30-24/h3-12,17-19H,13-16H2,1-2H3/t18-,19+. The molecule has 1 fully saturated rings. The molecule has 2 aromatic heterocycles. The van der Waals surface area contributed by atoms with Crippen LogP contribution in [0.1, 0.15) is 25.0 Å². The van der Waals surface area contributed by atoms with Crippen molar-refractivity contribution in [1.82, 2.24) is 14.7 Å². The second kappa shape index (κ2) is 8.09. The number of morpholine rings is 1. The summed E-state index contributed by atoms with van der Waals surface area (Å²) in [6.07, 6.45) is 2.64. The van der Waals surface area contributed by atoms with E-state index < -0.39 is 0 Å². The Morgan fingerprint density at radius 3 is 2.43 bits per heavy atom. The van der Waals surface area contributed by atoms with Crippen LogP contribution in [0.25, 0.3) is 22.4 Å². The normalized spacial score (nSPS) is 20.1. The molecule has 0 bridgehead atoms. The molecule has 0 aliphatic carbocycles. The molecule has 0 radical (unpaired) electrons. The monoisotopic (exact) mass is 401 g/mol. The van der Waals surface area contributed by atoms with Gasteiger partial charge in [-0.05, 0) is 31.5 Å². The molecule has 30 heavy (non-hydrogen) atoms. The first-order valence-corrected chi connectivity index (χ1v) is 10.6. The van der Waals surface area contributed by atoms with Crippen LogP contribution in [0.4, 0.5) is 0 Å². The van der Waals surface area contributed by atoms with Crippen molar-refractivity contribution in [3.05, 3.63) is 78.0 Å². The first-order valence-electron chi connectivity index (χ1n) is 10.6. The van der Waals surface area contributed by atoms with Crippen molar-refractivity contribution >= 4 is 11.0 Å². The average molecular weight is 402 g/mol. The van der Waals surface area contributed by atoms with Crippen LogP contribution in [-0.4, -0.2) is 40.0 Å². The molecule has 1 saturated heterocycles. The summed E-state index contributed by atoms with van der Waals surface area (Å²) in [5.74, 6) is 0.826. The minimum Gasteiger partial charge on any atom is -0.454 e. The summed E-state index contributed by atoms with van der Waals surface area (Å²) >= 11 is 0. The van der Waals surface area contributed by atoms with Gasteiger partial charge in [0.15, 0.2) is 5.76 Å². The van der Waals surface area contributed by atoms with Gasteiger partial charge in [-0.3, -0.25) is 9.58 Å². The molecule has 5 heteroatoms. The van der Waals surface area contributed by atoms with Crippen LogP contribution in [0.2, 0.25) is 0 Å². The number of ether oxygens (including phenoxy) is 1. The third-order valence-corrected chi connectivity index (χ3v) is 5.57. The second-order valence-electron chi connectivity index (χ2n) is 8.29. The van der Waals surface area contributed by atoms with Gasteiger partial charge >= 0.3 is 0 Å². The molecule has 4 aromatic rings. The minimum absolute atomic E-state index is 0.239. The van der Waals surface area contributed by atoms with Crippen LogP contribution >= 0.6 is 0 Å². The van der Waals surface area contributed by atoms with Gasteiger partial charge in [0.25, 0.3) is 0 Å². The zero-order valence-electron chi connectivity index (χ0n) is 17.5. The molecule has 1 aliphatic heterocycles. The van der Waals surface area contributed by atoms with Crippen molar-refractivity contribution in [2.45, 2.75) is 39.1 Å². The van der Waals surface area contributed by atoms with Gasteiger partial charge in [0.1, 0.15) is 11.3 Å². The Bertz CT molecular complexity index is 1090. The summed E-state index contributed by atoms with van der Waals surface area (Å²) in [7, 11) is 0. The average Bonchev–Trinajstić information content (AvgIpc) is 3.31. The molecule has 1 aliphatic rings. The summed E-state index contributed by atoms with van der Waals surface area (Å²) in [6.45, 7) is 7.70. The number of aromatic nitrogens is 2. The summed E-state index contributed by atoms with van der Waals surface area (Å²) in [4.78, 5) is 2.45. The highest BCUT2D eigenvalue weighted by atomic mass is 16.5. The number of hydrogen-bond donors (Lipinski definition) is 0.